The molecule has 3 heterocycles. The number of aryl methyl sites for hydroxylation is 3. The number of fused-ring (bicyclic) bond motifs is 5. The maximum Gasteiger partial charge on any atom is 0.305 e. The topological polar surface area (TPSA) is 174 Å². The smallest absolute Gasteiger partial charge is 0.305 e. The van der Waals surface area contributed by atoms with E-state index in [0.717, 1.165) is 50.2 Å². The molecule has 0 saturated heterocycles. The van der Waals surface area contributed by atoms with Gasteiger partial charge < -0.3 is 34.1 Å². The molecular weight excluding hydrogens is 899 g/mol. The Labute approximate surface area is 416 Å². The fourth-order valence-corrected chi connectivity index (χ4v) is 9.37. The molecular formula is C56H69N7O8. The van der Waals surface area contributed by atoms with Crippen molar-refractivity contribution in [3.8, 4) is 33.6 Å². The first-order valence-electron chi connectivity index (χ1n) is 24.7. The van der Waals surface area contributed by atoms with Crippen LogP contribution in [0.4, 0.5) is 5.69 Å². The quantitative estimate of drug-likeness (QED) is 0.0467. The van der Waals surface area contributed by atoms with Crippen LogP contribution in [0.3, 0.4) is 0 Å². The van der Waals surface area contributed by atoms with Crippen molar-refractivity contribution < 1.29 is 34.1 Å². The molecule has 2 atom stereocenters. The molecule has 15 nitrogen and oxygen atoms in total. The molecule has 15 heteroatoms. The number of carbonyl (C=O) groups excluding carboxylic acids is 1. The van der Waals surface area contributed by atoms with Crippen molar-refractivity contribution in [1.82, 2.24) is 29.8 Å². The van der Waals surface area contributed by atoms with Crippen LogP contribution in [-0.2, 0) is 43.3 Å². The fourth-order valence-electron chi connectivity index (χ4n) is 9.37. The Morgan fingerprint density at radius 3 is 2.21 bits per heavy atom. The van der Waals surface area contributed by atoms with Gasteiger partial charge in [-0.15, -0.1) is 5.10 Å². The van der Waals surface area contributed by atoms with E-state index in [2.05, 4.69) is 67.3 Å². The summed E-state index contributed by atoms with van der Waals surface area (Å²) < 4.78 is 20.8. The molecule has 7 rings (SSSR count). The minimum atomic E-state index is -1.03. The molecule has 1 amide bonds. The van der Waals surface area contributed by atoms with Crippen molar-refractivity contribution in [2.75, 3.05) is 64.8 Å². The van der Waals surface area contributed by atoms with E-state index in [9.17, 15) is 24.7 Å². The third kappa shape index (κ3) is 13.9. The highest BCUT2D eigenvalue weighted by Crippen LogP contribution is 2.40. The van der Waals surface area contributed by atoms with Gasteiger partial charge in [0.25, 0.3) is 5.56 Å². The number of pyridine rings is 1. The van der Waals surface area contributed by atoms with Gasteiger partial charge in [0.15, 0.2) is 0 Å². The normalized spacial score (nSPS) is 13.1. The Morgan fingerprint density at radius 2 is 1.49 bits per heavy atom. The molecule has 0 bridgehead atoms. The van der Waals surface area contributed by atoms with Gasteiger partial charge >= 0.3 is 5.97 Å². The van der Waals surface area contributed by atoms with Gasteiger partial charge in [-0.05, 0) is 110 Å². The van der Waals surface area contributed by atoms with Crippen molar-refractivity contribution >= 4 is 17.6 Å². The lowest BCUT2D eigenvalue weighted by Crippen LogP contribution is -2.39. The maximum atomic E-state index is 14.2. The lowest BCUT2D eigenvalue weighted by atomic mass is 9.91. The summed E-state index contributed by atoms with van der Waals surface area (Å²) in [6.45, 7) is 15.3. The number of carbonyl (C=O) groups is 2. The number of carboxylic acid groups (broad SMARTS) is 1. The molecule has 1 unspecified atom stereocenters. The molecule has 1 aliphatic heterocycles. The largest absolute Gasteiger partial charge is 0.481 e. The number of nitrogens with one attached hydrogen (secondary N) is 1. The number of para-hydroxylation sites is 1. The Balaban J connectivity index is 0.833. The molecule has 6 aromatic rings. The molecule has 0 fully saturated rings. The zero-order chi connectivity index (χ0) is 50.4. The first-order valence-corrected chi connectivity index (χ1v) is 24.7. The number of benzene rings is 4. The third-order valence-corrected chi connectivity index (χ3v) is 13.0. The summed E-state index contributed by atoms with van der Waals surface area (Å²) in [6.07, 6.45) is 3.17. The third-order valence-electron chi connectivity index (χ3n) is 13.0. The standard InChI is InChI=1S/C56H69N7O8/c1-38(2)18-19-50(56(67)57-48(36-52(65)66)43-13-11-14-44(35-43)53-40(4)32-39(3)33-41(53)5)61-23-21-42(34-51(61)64)20-22-60(6)24-26-69-28-30-71-31-29-70-27-25-62-55-46-15-8-7-12-45(46)37-63(68)49-17-10-9-16-47(49)54(55)58-59-62/h7-17,21,23,32-35,38,48,50,68H,18-20,22,24-31,36-37H2,1-6H3,(H,57,67)(H,65,66)/t48-,50?/m0/s1. The van der Waals surface area contributed by atoms with Crippen molar-refractivity contribution in [2.24, 2.45) is 5.92 Å². The Kier molecular flexibility index (Phi) is 18.5. The summed E-state index contributed by atoms with van der Waals surface area (Å²) in [6, 6.07) is 29.5. The van der Waals surface area contributed by atoms with Crippen molar-refractivity contribution in [3.63, 3.8) is 0 Å². The average molecular weight is 968 g/mol. The second-order valence-electron chi connectivity index (χ2n) is 19.0. The van der Waals surface area contributed by atoms with Crippen LogP contribution in [0, 0.1) is 26.7 Å². The summed E-state index contributed by atoms with van der Waals surface area (Å²) >= 11 is 0. The van der Waals surface area contributed by atoms with E-state index in [1.807, 2.05) is 90.6 Å². The van der Waals surface area contributed by atoms with Gasteiger partial charge in [0.2, 0.25) is 5.91 Å². The lowest BCUT2D eigenvalue weighted by molar-refractivity contribution is -0.138. The van der Waals surface area contributed by atoms with Gasteiger partial charge in [-0.3, -0.25) is 24.7 Å². The van der Waals surface area contributed by atoms with E-state index in [1.165, 1.54) is 15.2 Å². The van der Waals surface area contributed by atoms with Crippen LogP contribution in [0.25, 0.3) is 33.6 Å². The number of amides is 1. The highest BCUT2D eigenvalue weighted by molar-refractivity contribution is 5.87. The van der Waals surface area contributed by atoms with Crippen LogP contribution >= 0.6 is 0 Å². The SMILES string of the molecule is Cc1cc(C)c(-c2cccc([C@H](CC(=O)O)NC(=O)C(CCC(C)C)n3ccc(CCN(C)CCOCCOCCOCCn4nnc5c4-c4ccccc4CN(O)c4ccccc4-5)cc3=O)c2)c(C)c1. The first kappa shape index (κ1) is 52.3. The molecule has 3 N–H and O–H groups in total. The predicted molar refractivity (Wildman–Crippen MR) is 276 cm³/mol. The molecule has 1 aliphatic rings. The van der Waals surface area contributed by atoms with Crippen molar-refractivity contribution in [3.05, 3.63) is 147 Å². The molecule has 2 aromatic heterocycles. The summed E-state index contributed by atoms with van der Waals surface area (Å²) in [7, 11) is 2.01. The van der Waals surface area contributed by atoms with Gasteiger partial charge in [-0.1, -0.05) is 97.4 Å². The van der Waals surface area contributed by atoms with E-state index in [1.54, 1.807) is 12.3 Å². The number of aliphatic carboxylic acids is 1. The predicted octanol–water partition coefficient (Wildman–Crippen LogP) is 8.61. The second-order valence-corrected chi connectivity index (χ2v) is 19.0. The van der Waals surface area contributed by atoms with Crippen LogP contribution in [0.15, 0.2) is 108 Å². The number of hydrogen-bond donors (Lipinski definition) is 3. The zero-order valence-corrected chi connectivity index (χ0v) is 42.0. The number of aromatic nitrogens is 4. The Hall–Kier alpha value is -6.49. The number of anilines is 1. The molecule has 376 valence electrons. The number of nitrogens with zero attached hydrogens (tertiary/aromatic N) is 6. The highest BCUT2D eigenvalue weighted by atomic mass is 16.5. The van der Waals surface area contributed by atoms with E-state index in [4.69, 9.17) is 14.2 Å². The number of hydrogen-bond acceptors (Lipinski definition) is 11. The molecule has 4 aromatic carbocycles. The van der Waals surface area contributed by atoms with Gasteiger partial charge in [0.1, 0.15) is 11.7 Å². The Bertz CT molecular complexity index is 2780. The van der Waals surface area contributed by atoms with Crippen LogP contribution in [0.1, 0.15) is 78.6 Å². The molecule has 71 heavy (non-hydrogen) atoms. The first-order chi connectivity index (χ1) is 34.3. The number of hydroxylamine groups is 1. The monoisotopic (exact) mass is 968 g/mol. The minimum absolute atomic E-state index is 0.275. The zero-order valence-electron chi connectivity index (χ0n) is 42.0. The van der Waals surface area contributed by atoms with E-state index >= 15 is 0 Å². The van der Waals surface area contributed by atoms with Crippen LogP contribution in [0.2, 0.25) is 0 Å². The second kappa shape index (κ2) is 25.1. The highest BCUT2D eigenvalue weighted by Gasteiger charge is 2.28. The minimum Gasteiger partial charge on any atom is -0.481 e. The van der Waals surface area contributed by atoms with Gasteiger partial charge in [0, 0.05) is 36.5 Å². The summed E-state index contributed by atoms with van der Waals surface area (Å²) in [5, 5.41) is 34.1. The summed E-state index contributed by atoms with van der Waals surface area (Å²) in [5.41, 5.74) is 11.8. The molecule has 0 radical (unpaired) electrons. The van der Waals surface area contributed by atoms with Crippen LogP contribution < -0.4 is 15.9 Å². The Morgan fingerprint density at radius 1 is 0.803 bits per heavy atom. The van der Waals surface area contributed by atoms with Crippen molar-refractivity contribution in [1.29, 1.82) is 0 Å². The average Bonchev–Trinajstić information content (AvgIpc) is 3.75. The number of rotatable bonds is 25. The van der Waals surface area contributed by atoms with Crippen LogP contribution in [-0.4, -0.2) is 106 Å². The summed E-state index contributed by atoms with van der Waals surface area (Å²) in [4.78, 5) is 42.1. The molecule has 0 aliphatic carbocycles. The van der Waals surface area contributed by atoms with E-state index in [-0.39, 0.29) is 17.9 Å². The maximum absolute atomic E-state index is 14.2. The van der Waals surface area contributed by atoms with Gasteiger partial charge in [0.05, 0.1) is 76.6 Å². The fraction of sp³-hybridized carbons (Fsp3) is 0.411. The van der Waals surface area contributed by atoms with Crippen LogP contribution in [0.5, 0.6) is 0 Å². The number of ether oxygens (including phenoxy) is 3. The van der Waals surface area contributed by atoms with Gasteiger partial charge in [-0.2, -0.15) is 0 Å². The molecule has 0 spiro atoms. The van der Waals surface area contributed by atoms with E-state index in [0.29, 0.717) is 108 Å². The lowest BCUT2D eigenvalue weighted by Gasteiger charge is -2.25. The number of likely N-dealkylation sites (N-methyl/N-ethyl adjacent to an activating group) is 1. The summed E-state index contributed by atoms with van der Waals surface area (Å²) in [5.74, 6) is -1.13. The van der Waals surface area contributed by atoms with E-state index < -0.39 is 18.1 Å². The molecule has 0 saturated carbocycles. The number of carboxylic acids is 1. The van der Waals surface area contributed by atoms with Crippen molar-refractivity contribution in [2.45, 2.75) is 85.5 Å². The van der Waals surface area contributed by atoms with Gasteiger partial charge in [-0.25, -0.2) is 4.68 Å².